The number of hydrogen-bond acceptors (Lipinski definition) is 4. The zero-order chi connectivity index (χ0) is 19.7. The second kappa shape index (κ2) is 6.32. The van der Waals surface area contributed by atoms with Crippen molar-refractivity contribution in [3.8, 4) is 0 Å². The van der Waals surface area contributed by atoms with E-state index in [2.05, 4.69) is 25.3 Å². The number of hydrogen-bond donors (Lipinski definition) is 1. The van der Waals surface area contributed by atoms with Gasteiger partial charge in [0.05, 0.1) is 20.8 Å². The Morgan fingerprint density at radius 1 is 1.14 bits per heavy atom. The molecule has 1 atom stereocenters. The van der Waals surface area contributed by atoms with Gasteiger partial charge in [-0.2, -0.15) is 0 Å². The monoisotopic (exact) mass is 426 g/mol. The van der Waals surface area contributed by atoms with E-state index in [9.17, 15) is 9.59 Å². The van der Waals surface area contributed by atoms with Gasteiger partial charge in [-0.1, -0.05) is 23.7 Å². The van der Waals surface area contributed by atoms with Crippen molar-refractivity contribution in [1.82, 2.24) is 19.2 Å². The Hall–Kier alpha value is -2.35. The fraction of sp³-hybridized carbons (Fsp3) is 0.333. The van der Waals surface area contributed by atoms with E-state index in [1.54, 1.807) is 6.07 Å². The number of rotatable bonds is 0. The Labute approximate surface area is 175 Å². The van der Waals surface area contributed by atoms with Gasteiger partial charge in [0.15, 0.2) is 0 Å². The van der Waals surface area contributed by atoms with Gasteiger partial charge >= 0.3 is 0 Å². The van der Waals surface area contributed by atoms with Crippen molar-refractivity contribution in [2.45, 2.75) is 25.4 Å². The number of nitrogens with zero attached hydrogens (tertiary/aromatic N) is 3. The van der Waals surface area contributed by atoms with Gasteiger partial charge in [0, 0.05) is 25.7 Å². The third-order valence-corrected chi connectivity index (χ3v) is 7.51. The van der Waals surface area contributed by atoms with Gasteiger partial charge in [0.2, 0.25) is 5.43 Å². The molecule has 1 unspecified atom stereocenters. The number of carbonyl (C=O) groups excluding carboxylic acids is 1. The number of amides is 1. The lowest BCUT2D eigenvalue weighted by Gasteiger charge is -2.27. The van der Waals surface area contributed by atoms with Gasteiger partial charge in [-0.05, 0) is 37.6 Å². The van der Waals surface area contributed by atoms with Crippen molar-refractivity contribution < 1.29 is 4.79 Å². The van der Waals surface area contributed by atoms with Gasteiger partial charge in [0.1, 0.15) is 16.0 Å². The van der Waals surface area contributed by atoms with Crippen molar-refractivity contribution in [2.75, 3.05) is 19.6 Å². The summed E-state index contributed by atoms with van der Waals surface area (Å²) in [5.74, 6) is -0.307. The number of para-hydroxylation sites is 2. The predicted octanol–water partition coefficient (Wildman–Crippen LogP) is 3.33. The normalized spacial score (nSPS) is 20.4. The lowest BCUT2D eigenvalue weighted by molar-refractivity contribution is 0.0944. The predicted molar refractivity (Wildman–Crippen MR) is 116 cm³/mol. The first kappa shape index (κ1) is 17.5. The average molecular weight is 427 g/mol. The topological polar surface area (TPSA) is 58.8 Å². The van der Waals surface area contributed by atoms with Crippen LogP contribution in [0.2, 0.25) is 4.34 Å². The van der Waals surface area contributed by atoms with Crippen LogP contribution in [-0.2, 0) is 6.54 Å². The summed E-state index contributed by atoms with van der Waals surface area (Å²) >= 11 is 7.69. The lowest BCUT2D eigenvalue weighted by Crippen LogP contribution is -2.41. The summed E-state index contributed by atoms with van der Waals surface area (Å²) in [4.78, 5) is 29.8. The summed E-state index contributed by atoms with van der Waals surface area (Å²) in [6.45, 7) is 3.17. The van der Waals surface area contributed by atoms with Crippen molar-refractivity contribution in [2.24, 2.45) is 0 Å². The maximum Gasteiger partial charge on any atom is 0.259 e. The first-order valence-corrected chi connectivity index (χ1v) is 11.1. The highest BCUT2D eigenvalue weighted by molar-refractivity contribution is 7.22. The van der Waals surface area contributed by atoms with Crippen LogP contribution in [0.15, 0.2) is 35.1 Å². The fourth-order valence-corrected chi connectivity index (χ4v) is 6.23. The number of aromatic nitrogens is 2. The molecule has 0 spiro atoms. The maximum absolute atomic E-state index is 13.4. The minimum atomic E-state index is -0.307. The molecule has 1 fully saturated rings. The number of pyridine rings is 1. The highest BCUT2D eigenvalue weighted by atomic mass is 35.5. The van der Waals surface area contributed by atoms with Gasteiger partial charge in [-0.25, -0.2) is 0 Å². The maximum atomic E-state index is 13.4. The number of benzene rings is 1. The largest absolute Gasteiger partial charge is 0.351 e. The molecule has 6 nitrogen and oxygen atoms in total. The molecule has 5 heterocycles. The molecule has 0 radical (unpaired) electrons. The smallest absolute Gasteiger partial charge is 0.259 e. The van der Waals surface area contributed by atoms with E-state index in [0.29, 0.717) is 28.0 Å². The molecule has 1 N–H and O–H groups in total. The summed E-state index contributed by atoms with van der Waals surface area (Å²) in [6.07, 6.45) is 2.28. The summed E-state index contributed by atoms with van der Waals surface area (Å²) in [5.41, 5.74) is 2.67. The quantitative estimate of drug-likeness (QED) is 0.469. The number of carbonyl (C=O) groups is 1. The van der Waals surface area contributed by atoms with Crippen LogP contribution in [0.3, 0.4) is 0 Å². The number of fused-ring (bicyclic) bond motifs is 6. The summed E-state index contributed by atoms with van der Waals surface area (Å²) < 4.78 is 4.78. The van der Waals surface area contributed by atoms with Crippen LogP contribution in [-0.4, -0.2) is 45.5 Å². The van der Waals surface area contributed by atoms with E-state index in [4.69, 9.17) is 11.6 Å². The van der Waals surface area contributed by atoms with Gasteiger partial charge < -0.3 is 9.88 Å². The highest BCUT2D eigenvalue weighted by Crippen LogP contribution is 2.34. The number of imidazole rings is 1. The van der Waals surface area contributed by atoms with E-state index in [1.807, 2.05) is 18.2 Å². The van der Waals surface area contributed by atoms with Crippen LogP contribution in [0.25, 0.3) is 26.9 Å². The second-order valence-corrected chi connectivity index (χ2v) is 9.48. The zero-order valence-corrected chi connectivity index (χ0v) is 17.2. The van der Waals surface area contributed by atoms with E-state index >= 15 is 0 Å². The summed E-state index contributed by atoms with van der Waals surface area (Å²) in [6, 6.07) is 10.2. The van der Waals surface area contributed by atoms with Crippen LogP contribution in [0.1, 0.15) is 23.2 Å². The van der Waals surface area contributed by atoms with E-state index < -0.39 is 0 Å². The number of nitrogens with one attached hydrogen (secondary N) is 1. The Kier molecular flexibility index (Phi) is 3.82. The molecule has 1 aromatic carbocycles. The van der Waals surface area contributed by atoms with Crippen molar-refractivity contribution in [3.63, 3.8) is 0 Å². The molecule has 0 saturated carbocycles. The zero-order valence-electron chi connectivity index (χ0n) is 15.7. The van der Waals surface area contributed by atoms with Gasteiger partial charge in [-0.15, -0.1) is 11.3 Å². The number of thiophene rings is 1. The molecule has 29 heavy (non-hydrogen) atoms. The molecule has 1 amide bonds. The van der Waals surface area contributed by atoms with Crippen LogP contribution in [0, 0.1) is 0 Å². The molecule has 2 aliphatic heterocycles. The Balaban J connectivity index is 1.82. The minimum Gasteiger partial charge on any atom is -0.351 e. The second-order valence-electron chi connectivity index (χ2n) is 7.82. The third kappa shape index (κ3) is 2.44. The molecule has 148 valence electrons. The molecule has 8 heteroatoms. The molecule has 0 bridgehead atoms. The third-order valence-electron chi connectivity index (χ3n) is 6.27. The first-order valence-electron chi connectivity index (χ1n) is 9.91. The molecule has 4 aromatic rings. The first-order chi connectivity index (χ1) is 14.1. The van der Waals surface area contributed by atoms with E-state index in [0.717, 1.165) is 48.3 Å². The van der Waals surface area contributed by atoms with E-state index in [-0.39, 0.29) is 16.9 Å². The lowest BCUT2D eigenvalue weighted by atomic mass is 10.1. The van der Waals surface area contributed by atoms with Crippen LogP contribution >= 0.6 is 22.9 Å². The fourth-order valence-electron chi connectivity index (χ4n) is 5.00. The van der Waals surface area contributed by atoms with Gasteiger partial charge in [-0.3, -0.25) is 18.9 Å². The number of halogens is 1. The molecule has 2 aliphatic rings. The summed E-state index contributed by atoms with van der Waals surface area (Å²) in [5, 5.41) is 3.49. The highest BCUT2D eigenvalue weighted by Gasteiger charge is 2.31. The molecule has 3 aromatic heterocycles. The molecular formula is C21H19ClN4O2S. The SMILES string of the molecule is O=C1NCCN2CCCC2Cn2c3ccccc3n3c4sc(Cl)cc4c(=O)c1c23. The summed E-state index contributed by atoms with van der Waals surface area (Å²) in [7, 11) is 0. The van der Waals surface area contributed by atoms with Crippen molar-refractivity contribution in [3.05, 3.63) is 50.5 Å². The Bertz CT molecular complexity index is 1370. The standard InChI is InChI=1S/C21H19ClN4O2S/c22-16-10-13-18(27)17-19(28)23-7-9-24-8-3-4-12(24)11-25-14-5-1-2-6-15(14)26(20(17)25)21(13)29-16/h1-2,5-6,10,12H,3-4,7-9,11H2,(H,23,28). The molecule has 0 aliphatic carbocycles. The van der Waals surface area contributed by atoms with Crippen molar-refractivity contribution in [1.29, 1.82) is 0 Å². The Morgan fingerprint density at radius 2 is 1.97 bits per heavy atom. The van der Waals surface area contributed by atoms with Crippen LogP contribution < -0.4 is 10.7 Å². The molecule has 6 rings (SSSR count). The molecule has 1 saturated heterocycles. The average Bonchev–Trinajstić information content (AvgIpc) is 3.39. The van der Waals surface area contributed by atoms with Crippen LogP contribution in [0.4, 0.5) is 0 Å². The van der Waals surface area contributed by atoms with Crippen LogP contribution in [0.5, 0.6) is 0 Å². The van der Waals surface area contributed by atoms with Crippen molar-refractivity contribution >= 4 is 55.7 Å². The van der Waals surface area contributed by atoms with E-state index in [1.165, 1.54) is 11.3 Å². The molecular weight excluding hydrogens is 408 g/mol. The minimum absolute atomic E-state index is 0.217. The van der Waals surface area contributed by atoms with Gasteiger partial charge in [0.25, 0.3) is 5.91 Å². The Morgan fingerprint density at radius 3 is 2.83 bits per heavy atom.